The molecule has 0 saturated heterocycles. The third-order valence-corrected chi connectivity index (χ3v) is 4.50. The number of aromatic nitrogens is 3. The van der Waals surface area contributed by atoms with Crippen LogP contribution >= 0.6 is 0 Å². The van der Waals surface area contributed by atoms with E-state index in [4.69, 9.17) is 0 Å². The van der Waals surface area contributed by atoms with Gasteiger partial charge in [0.1, 0.15) is 5.82 Å². The van der Waals surface area contributed by atoms with Crippen molar-refractivity contribution in [3.63, 3.8) is 0 Å². The van der Waals surface area contributed by atoms with Gasteiger partial charge >= 0.3 is 0 Å². The maximum atomic E-state index is 12.5. The first-order valence-corrected chi connectivity index (χ1v) is 9.42. The molecule has 0 bridgehead atoms. The number of hydrogen-bond donors (Lipinski definition) is 3. The molecule has 2 heterocycles. The molecule has 0 aliphatic rings. The zero-order chi connectivity index (χ0) is 19.9. The Bertz CT molecular complexity index is 1080. The number of imidazole rings is 1. The number of rotatable bonds is 7. The summed E-state index contributed by atoms with van der Waals surface area (Å²) in [5.74, 6) is 0.658. The highest BCUT2D eigenvalue weighted by Gasteiger charge is 2.08. The maximum absolute atomic E-state index is 12.5. The zero-order valence-electron chi connectivity index (χ0n) is 15.8. The van der Waals surface area contributed by atoms with Gasteiger partial charge < -0.3 is 15.6 Å². The number of amides is 1. The van der Waals surface area contributed by atoms with Crippen molar-refractivity contribution in [3.05, 3.63) is 96.7 Å². The number of nitrogens with zero attached hydrogens (tertiary/aromatic N) is 2. The minimum absolute atomic E-state index is 0.0944. The highest BCUT2D eigenvalue weighted by atomic mass is 16.1. The van der Waals surface area contributed by atoms with Crippen LogP contribution in [0.2, 0.25) is 0 Å². The molecular weight excluding hydrogens is 362 g/mol. The summed E-state index contributed by atoms with van der Waals surface area (Å²) in [7, 11) is 0. The number of nitrogens with one attached hydrogen (secondary N) is 3. The molecule has 0 aliphatic heterocycles. The van der Waals surface area contributed by atoms with Gasteiger partial charge in [-0.05, 0) is 47.5 Å². The molecule has 4 aromatic rings. The predicted octanol–water partition coefficient (Wildman–Crippen LogP) is 4.19. The molecular formula is C23H21N5O. The van der Waals surface area contributed by atoms with Gasteiger partial charge in [0.2, 0.25) is 0 Å². The molecule has 4 rings (SSSR count). The van der Waals surface area contributed by atoms with E-state index in [2.05, 4.69) is 25.6 Å². The van der Waals surface area contributed by atoms with Gasteiger partial charge in [-0.25, -0.2) is 9.97 Å². The van der Waals surface area contributed by atoms with E-state index in [-0.39, 0.29) is 5.91 Å². The van der Waals surface area contributed by atoms with Crippen LogP contribution in [0.25, 0.3) is 11.1 Å². The molecule has 0 unspecified atom stereocenters. The molecule has 1 amide bonds. The van der Waals surface area contributed by atoms with Crippen LogP contribution in [0.4, 0.5) is 11.5 Å². The Morgan fingerprint density at radius 2 is 1.83 bits per heavy atom. The summed E-state index contributed by atoms with van der Waals surface area (Å²) in [6.07, 6.45) is 5.87. The fourth-order valence-corrected chi connectivity index (χ4v) is 3.02. The normalized spacial score (nSPS) is 10.5. The number of aromatic amines is 1. The van der Waals surface area contributed by atoms with Gasteiger partial charge in [0.15, 0.2) is 0 Å². The predicted molar refractivity (Wildman–Crippen MR) is 114 cm³/mol. The van der Waals surface area contributed by atoms with Crippen LogP contribution in [0.1, 0.15) is 16.1 Å². The summed E-state index contributed by atoms with van der Waals surface area (Å²) in [4.78, 5) is 23.9. The van der Waals surface area contributed by atoms with Crippen molar-refractivity contribution in [2.75, 3.05) is 11.9 Å². The third-order valence-electron chi connectivity index (χ3n) is 4.50. The average Bonchev–Trinajstić information content (AvgIpc) is 3.28. The Morgan fingerprint density at radius 1 is 0.966 bits per heavy atom. The topological polar surface area (TPSA) is 82.7 Å². The largest absolute Gasteiger partial charge is 0.352 e. The number of carbonyl (C=O) groups excluding carboxylic acids is 1. The van der Waals surface area contributed by atoms with E-state index in [9.17, 15) is 4.79 Å². The molecule has 6 nitrogen and oxygen atoms in total. The van der Waals surface area contributed by atoms with Crippen LogP contribution in [-0.2, 0) is 6.42 Å². The molecule has 0 atom stereocenters. The fraction of sp³-hybridized carbons (Fsp3) is 0.0870. The lowest BCUT2D eigenvalue weighted by Crippen LogP contribution is -2.25. The van der Waals surface area contributed by atoms with Gasteiger partial charge in [-0.2, -0.15) is 0 Å². The molecule has 144 valence electrons. The van der Waals surface area contributed by atoms with Crippen molar-refractivity contribution in [1.82, 2.24) is 20.3 Å². The quantitative estimate of drug-likeness (QED) is 0.447. The monoisotopic (exact) mass is 383 g/mol. The molecule has 29 heavy (non-hydrogen) atoms. The Hall–Kier alpha value is -3.93. The summed E-state index contributed by atoms with van der Waals surface area (Å²) in [5.41, 5.74) is 4.55. The van der Waals surface area contributed by atoms with Crippen LogP contribution in [0.5, 0.6) is 0 Å². The van der Waals surface area contributed by atoms with Gasteiger partial charge in [-0.1, -0.05) is 30.3 Å². The standard InChI is InChI=1S/C23H21N5O/c29-23(26-12-10-21-15-24-16-27-21)19-6-4-5-17(13-19)18-9-11-25-22(14-18)28-20-7-2-1-3-8-20/h1-9,11,13-16H,10,12H2,(H,24,27)(H,25,28)(H,26,29). The van der Waals surface area contributed by atoms with Gasteiger partial charge in [-0.15, -0.1) is 0 Å². The smallest absolute Gasteiger partial charge is 0.251 e. The Labute approximate surface area is 169 Å². The Morgan fingerprint density at radius 3 is 2.66 bits per heavy atom. The van der Waals surface area contributed by atoms with E-state index in [1.54, 1.807) is 18.7 Å². The molecule has 0 fully saturated rings. The SMILES string of the molecule is O=C(NCCc1cnc[nH]1)c1cccc(-c2ccnc(Nc3ccccc3)c2)c1. The van der Waals surface area contributed by atoms with Crippen molar-refractivity contribution in [1.29, 1.82) is 0 Å². The van der Waals surface area contributed by atoms with Crippen molar-refractivity contribution in [2.24, 2.45) is 0 Å². The highest BCUT2D eigenvalue weighted by molar-refractivity contribution is 5.95. The van der Waals surface area contributed by atoms with E-state index in [1.165, 1.54) is 0 Å². The molecule has 0 spiro atoms. The minimum Gasteiger partial charge on any atom is -0.352 e. The number of pyridine rings is 1. The third kappa shape index (κ3) is 4.87. The van der Waals surface area contributed by atoms with Crippen molar-refractivity contribution >= 4 is 17.4 Å². The summed E-state index contributed by atoms with van der Waals surface area (Å²) in [6.45, 7) is 0.547. The van der Waals surface area contributed by atoms with E-state index in [0.29, 0.717) is 18.5 Å². The number of hydrogen-bond acceptors (Lipinski definition) is 4. The van der Waals surface area contributed by atoms with Crippen molar-refractivity contribution in [3.8, 4) is 11.1 Å². The molecule has 2 aromatic heterocycles. The van der Waals surface area contributed by atoms with E-state index in [1.807, 2.05) is 66.7 Å². The lowest BCUT2D eigenvalue weighted by molar-refractivity contribution is 0.0954. The number of H-pyrrole nitrogens is 1. The molecule has 0 radical (unpaired) electrons. The first kappa shape index (κ1) is 18.4. The highest BCUT2D eigenvalue weighted by Crippen LogP contribution is 2.24. The molecule has 0 saturated carbocycles. The first-order valence-electron chi connectivity index (χ1n) is 9.42. The summed E-state index contributed by atoms with van der Waals surface area (Å²) in [6, 6.07) is 21.4. The van der Waals surface area contributed by atoms with Gasteiger partial charge in [0.05, 0.1) is 6.33 Å². The number of anilines is 2. The molecule has 2 aromatic carbocycles. The van der Waals surface area contributed by atoms with Crippen LogP contribution in [-0.4, -0.2) is 27.4 Å². The van der Waals surface area contributed by atoms with Crippen molar-refractivity contribution in [2.45, 2.75) is 6.42 Å². The molecule has 0 aliphatic carbocycles. The Kier molecular flexibility index (Phi) is 5.62. The van der Waals surface area contributed by atoms with Gasteiger partial charge in [0.25, 0.3) is 5.91 Å². The first-order chi connectivity index (χ1) is 14.3. The van der Waals surface area contributed by atoms with Crippen molar-refractivity contribution < 1.29 is 4.79 Å². The molecule has 6 heteroatoms. The van der Waals surface area contributed by atoms with E-state index < -0.39 is 0 Å². The fourth-order valence-electron chi connectivity index (χ4n) is 3.02. The summed E-state index contributed by atoms with van der Waals surface area (Å²) < 4.78 is 0. The van der Waals surface area contributed by atoms with Crippen LogP contribution < -0.4 is 10.6 Å². The summed E-state index contributed by atoms with van der Waals surface area (Å²) >= 11 is 0. The minimum atomic E-state index is -0.0944. The lowest BCUT2D eigenvalue weighted by atomic mass is 10.0. The second kappa shape index (κ2) is 8.84. The second-order valence-electron chi connectivity index (χ2n) is 6.58. The molecule has 3 N–H and O–H groups in total. The number of carbonyl (C=O) groups is 1. The van der Waals surface area contributed by atoms with Gasteiger partial charge in [0, 0.05) is 42.3 Å². The van der Waals surface area contributed by atoms with Crippen LogP contribution in [0.15, 0.2) is 85.5 Å². The Balaban J connectivity index is 1.45. The number of para-hydroxylation sites is 1. The number of benzene rings is 2. The zero-order valence-corrected chi connectivity index (χ0v) is 15.8. The summed E-state index contributed by atoms with van der Waals surface area (Å²) in [5, 5.41) is 6.24. The van der Waals surface area contributed by atoms with Gasteiger partial charge in [-0.3, -0.25) is 4.79 Å². The second-order valence-corrected chi connectivity index (χ2v) is 6.58. The van der Waals surface area contributed by atoms with E-state index >= 15 is 0 Å². The average molecular weight is 383 g/mol. The lowest BCUT2D eigenvalue weighted by Gasteiger charge is -2.09. The van der Waals surface area contributed by atoms with Crippen LogP contribution in [0.3, 0.4) is 0 Å². The van der Waals surface area contributed by atoms with E-state index in [0.717, 1.165) is 28.3 Å². The maximum Gasteiger partial charge on any atom is 0.251 e. The van der Waals surface area contributed by atoms with Crippen LogP contribution in [0, 0.1) is 0 Å².